The molecule has 1 N–H and O–H groups in total. The average Bonchev–Trinajstić information content (AvgIpc) is 1.91. The van der Waals surface area contributed by atoms with E-state index in [1.807, 2.05) is 19.2 Å². The first kappa shape index (κ1) is 5.97. The molecular weight excluding hydrogens is 110 g/mol. The Bertz CT molecular complexity index is 200. The average molecular weight is 119 g/mol. The molecule has 1 rings (SSSR count). The second kappa shape index (κ2) is 2.99. The van der Waals surface area contributed by atoms with Crippen LogP contribution in [0.4, 0.5) is 0 Å². The van der Waals surface area contributed by atoms with Crippen molar-refractivity contribution < 1.29 is 0 Å². The third-order valence-corrected chi connectivity index (χ3v) is 1.09. The van der Waals surface area contributed by atoms with Crippen molar-refractivity contribution in [2.45, 2.75) is 6.92 Å². The molecule has 1 nitrogen and oxygen atoms in total. The molecule has 46 valence electrons. The van der Waals surface area contributed by atoms with E-state index in [0.717, 1.165) is 12.1 Å². The van der Waals surface area contributed by atoms with Crippen molar-refractivity contribution in [2.75, 3.05) is 6.54 Å². The Hall–Kier alpha value is -1.16. The molecule has 0 amide bonds. The normalized spacial score (nSPS) is 15.0. The van der Waals surface area contributed by atoms with Crippen LogP contribution >= 0.6 is 0 Å². The Morgan fingerprint density at radius 3 is 3.11 bits per heavy atom. The van der Waals surface area contributed by atoms with E-state index in [-0.39, 0.29) is 0 Å². The molecule has 0 saturated carbocycles. The first-order valence-corrected chi connectivity index (χ1v) is 2.96. The van der Waals surface area contributed by atoms with E-state index in [2.05, 4.69) is 23.2 Å². The van der Waals surface area contributed by atoms with E-state index in [0.29, 0.717) is 0 Å². The Kier molecular flexibility index (Phi) is 1.98. The zero-order chi connectivity index (χ0) is 6.53. The molecule has 0 aliphatic carbocycles. The lowest BCUT2D eigenvalue weighted by Gasteiger charge is -2.00. The van der Waals surface area contributed by atoms with Gasteiger partial charge in [0, 0.05) is 12.1 Å². The summed E-state index contributed by atoms with van der Waals surface area (Å²) in [6.07, 6.45) is 5.95. The van der Waals surface area contributed by atoms with Crippen LogP contribution in [0.15, 0.2) is 23.9 Å². The quantitative estimate of drug-likeness (QED) is 0.470. The minimum absolute atomic E-state index is 0.903. The Labute approximate surface area is 55.5 Å². The molecular formula is C8H9N. The van der Waals surface area contributed by atoms with Crippen molar-refractivity contribution >= 4 is 0 Å². The highest BCUT2D eigenvalue weighted by Gasteiger charge is 1.88. The van der Waals surface area contributed by atoms with Crippen LogP contribution in [0.2, 0.25) is 0 Å². The lowest BCUT2D eigenvalue weighted by Crippen LogP contribution is -2.07. The third-order valence-electron chi connectivity index (χ3n) is 1.09. The van der Waals surface area contributed by atoms with Gasteiger partial charge in [-0.1, -0.05) is 5.92 Å². The van der Waals surface area contributed by atoms with E-state index in [4.69, 9.17) is 0 Å². The number of hydrogen-bond donors (Lipinski definition) is 1. The topological polar surface area (TPSA) is 12.0 Å². The zero-order valence-corrected chi connectivity index (χ0v) is 5.44. The van der Waals surface area contributed by atoms with Crippen LogP contribution in [0.1, 0.15) is 6.92 Å². The number of dihydropyridines is 1. The maximum Gasteiger partial charge on any atom is 0.0340 e. The monoisotopic (exact) mass is 119 g/mol. The predicted molar refractivity (Wildman–Crippen MR) is 38.7 cm³/mol. The lowest BCUT2D eigenvalue weighted by molar-refractivity contribution is 0.966. The van der Waals surface area contributed by atoms with Gasteiger partial charge in [0.25, 0.3) is 0 Å². The van der Waals surface area contributed by atoms with Crippen molar-refractivity contribution in [3.8, 4) is 11.8 Å². The first-order chi connectivity index (χ1) is 4.43. The smallest absolute Gasteiger partial charge is 0.0340 e. The van der Waals surface area contributed by atoms with Gasteiger partial charge in [0.15, 0.2) is 0 Å². The number of rotatable bonds is 0. The number of allylic oxidation sites excluding steroid dienone is 2. The Morgan fingerprint density at radius 2 is 2.56 bits per heavy atom. The van der Waals surface area contributed by atoms with Gasteiger partial charge in [0.2, 0.25) is 0 Å². The molecule has 1 heterocycles. The Balaban J connectivity index is 2.65. The van der Waals surface area contributed by atoms with Crippen LogP contribution in [-0.2, 0) is 0 Å². The van der Waals surface area contributed by atoms with Crippen molar-refractivity contribution in [1.82, 2.24) is 5.32 Å². The van der Waals surface area contributed by atoms with Crippen molar-refractivity contribution in [3.63, 3.8) is 0 Å². The van der Waals surface area contributed by atoms with E-state index >= 15 is 0 Å². The SMILES string of the molecule is CC#CC1=CCNC=C1. The first-order valence-electron chi connectivity index (χ1n) is 2.96. The van der Waals surface area contributed by atoms with Crippen molar-refractivity contribution in [2.24, 2.45) is 0 Å². The number of hydrogen-bond acceptors (Lipinski definition) is 1. The van der Waals surface area contributed by atoms with Crippen molar-refractivity contribution in [1.29, 1.82) is 0 Å². The van der Waals surface area contributed by atoms with Gasteiger partial charge in [0.05, 0.1) is 0 Å². The van der Waals surface area contributed by atoms with E-state index < -0.39 is 0 Å². The third kappa shape index (κ3) is 1.65. The summed E-state index contributed by atoms with van der Waals surface area (Å²) < 4.78 is 0. The molecule has 9 heavy (non-hydrogen) atoms. The fourth-order valence-electron chi connectivity index (χ4n) is 0.691. The minimum Gasteiger partial charge on any atom is -0.387 e. The summed E-state index contributed by atoms with van der Waals surface area (Å²) in [6.45, 7) is 2.75. The number of nitrogens with one attached hydrogen (secondary N) is 1. The summed E-state index contributed by atoms with van der Waals surface area (Å²) >= 11 is 0. The Morgan fingerprint density at radius 1 is 1.67 bits per heavy atom. The zero-order valence-electron chi connectivity index (χ0n) is 5.44. The maximum absolute atomic E-state index is 3.05. The summed E-state index contributed by atoms with van der Waals surface area (Å²) in [6, 6.07) is 0. The summed E-state index contributed by atoms with van der Waals surface area (Å²) in [5.41, 5.74) is 1.11. The molecule has 0 unspecified atom stereocenters. The molecule has 0 aromatic rings. The van der Waals surface area contributed by atoms with Crippen molar-refractivity contribution in [3.05, 3.63) is 23.9 Å². The molecule has 0 spiro atoms. The van der Waals surface area contributed by atoms with Crippen LogP contribution in [0.25, 0.3) is 0 Å². The van der Waals surface area contributed by atoms with E-state index in [9.17, 15) is 0 Å². The van der Waals surface area contributed by atoms with Crippen LogP contribution < -0.4 is 5.32 Å². The molecule has 1 heteroatoms. The van der Waals surface area contributed by atoms with Gasteiger partial charge >= 0.3 is 0 Å². The van der Waals surface area contributed by atoms with Gasteiger partial charge in [-0.15, -0.1) is 5.92 Å². The second-order valence-corrected chi connectivity index (χ2v) is 1.78. The fraction of sp³-hybridized carbons (Fsp3) is 0.250. The summed E-state index contributed by atoms with van der Waals surface area (Å²) in [7, 11) is 0. The van der Waals surface area contributed by atoms with Gasteiger partial charge < -0.3 is 5.32 Å². The molecule has 0 fully saturated rings. The molecule has 0 atom stereocenters. The highest BCUT2D eigenvalue weighted by Crippen LogP contribution is 1.96. The molecule has 1 aliphatic heterocycles. The highest BCUT2D eigenvalue weighted by molar-refractivity contribution is 5.39. The largest absolute Gasteiger partial charge is 0.387 e. The van der Waals surface area contributed by atoms with Gasteiger partial charge in [-0.05, 0) is 25.3 Å². The highest BCUT2D eigenvalue weighted by atomic mass is 14.8. The standard InChI is InChI=1S/C8H9N/c1-2-3-8-4-6-9-7-5-8/h4-6,9H,7H2,1H3. The van der Waals surface area contributed by atoms with Crippen LogP contribution in [0, 0.1) is 11.8 Å². The fourth-order valence-corrected chi connectivity index (χ4v) is 0.691. The van der Waals surface area contributed by atoms with Gasteiger partial charge in [0.1, 0.15) is 0 Å². The summed E-state index contributed by atoms with van der Waals surface area (Å²) in [5.74, 6) is 5.81. The maximum atomic E-state index is 3.05. The van der Waals surface area contributed by atoms with Gasteiger partial charge in [-0.25, -0.2) is 0 Å². The molecule has 0 aromatic carbocycles. The molecule has 1 aliphatic rings. The molecule has 0 aromatic heterocycles. The van der Waals surface area contributed by atoms with Gasteiger partial charge in [-0.2, -0.15) is 0 Å². The summed E-state index contributed by atoms with van der Waals surface area (Å²) in [4.78, 5) is 0. The van der Waals surface area contributed by atoms with Gasteiger partial charge in [-0.3, -0.25) is 0 Å². The molecule has 0 radical (unpaired) electrons. The van der Waals surface area contributed by atoms with E-state index in [1.54, 1.807) is 0 Å². The molecule has 0 bridgehead atoms. The van der Waals surface area contributed by atoms with Crippen LogP contribution in [0.5, 0.6) is 0 Å². The predicted octanol–water partition coefficient (Wildman–Crippen LogP) is 1.05. The minimum atomic E-state index is 0.903. The summed E-state index contributed by atoms with van der Waals surface area (Å²) in [5, 5.41) is 3.05. The molecule has 0 saturated heterocycles. The lowest BCUT2D eigenvalue weighted by atomic mass is 10.2. The van der Waals surface area contributed by atoms with Crippen LogP contribution in [0.3, 0.4) is 0 Å². The second-order valence-electron chi connectivity index (χ2n) is 1.78. The van der Waals surface area contributed by atoms with Crippen LogP contribution in [-0.4, -0.2) is 6.54 Å². The van der Waals surface area contributed by atoms with E-state index in [1.165, 1.54) is 0 Å².